The van der Waals surface area contributed by atoms with Crippen LogP contribution in [-0.2, 0) is 6.42 Å². The minimum Gasteiger partial charge on any atom is -0.326 e. The van der Waals surface area contributed by atoms with Crippen LogP contribution in [0.3, 0.4) is 0 Å². The Morgan fingerprint density at radius 3 is 2.90 bits per heavy atom. The fourth-order valence-corrected chi connectivity index (χ4v) is 2.96. The summed E-state index contributed by atoms with van der Waals surface area (Å²) >= 11 is 0. The summed E-state index contributed by atoms with van der Waals surface area (Å²) in [6, 6.07) is 10.5. The van der Waals surface area contributed by atoms with Crippen LogP contribution in [0.4, 0.5) is 11.5 Å². The van der Waals surface area contributed by atoms with Gasteiger partial charge in [-0.25, -0.2) is 4.98 Å². The van der Waals surface area contributed by atoms with Crippen LogP contribution in [0.5, 0.6) is 0 Å². The maximum absolute atomic E-state index is 11.8. The van der Waals surface area contributed by atoms with Gasteiger partial charge in [-0.2, -0.15) is 0 Å². The molecule has 0 atom stereocenters. The molecule has 0 saturated carbocycles. The van der Waals surface area contributed by atoms with E-state index >= 15 is 0 Å². The van der Waals surface area contributed by atoms with Crippen LogP contribution in [-0.4, -0.2) is 17.3 Å². The SMILES string of the molecule is CCC(=O)c1cnc(N2CCCc3ccccc32)c(C)c1. The van der Waals surface area contributed by atoms with Gasteiger partial charge in [0.15, 0.2) is 5.78 Å². The van der Waals surface area contributed by atoms with E-state index in [2.05, 4.69) is 34.1 Å². The van der Waals surface area contributed by atoms with Crippen molar-refractivity contribution in [2.75, 3.05) is 11.4 Å². The number of ketones is 1. The lowest BCUT2D eigenvalue weighted by molar-refractivity contribution is 0.0988. The molecule has 3 heteroatoms. The van der Waals surface area contributed by atoms with E-state index in [1.165, 1.54) is 11.3 Å². The lowest BCUT2D eigenvalue weighted by Crippen LogP contribution is -2.26. The highest BCUT2D eigenvalue weighted by Crippen LogP contribution is 2.33. The van der Waals surface area contributed by atoms with E-state index in [0.717, 1.165) is 30.8 Å². The van der Waals surface area contributed by atoms with Crippen LogP contribution in [0.2, 0.25) is 0 Å². The molecule has 2 aromatic rings. The Labute approximate surface area is 125 Å². The van der Waals surface area contributed by atoms with E-state index in [9.17, 15) is 4.79 Å². The van der Waals surface area contributed by atoms with Gasteiger partial charge >= 0.3 is 0 Å². The second-order valence-electron chi connectivity index (χ2n) is 5.53. The third kappa shape index (κ3) is 2.56. The highest BCUT2D eigenvalue weighted by Gasteiger charge is 2.20. The predicted octanol–water partition coefficient (Wildman–Crippen LogP) is 4.07. The largest absolute Gasteiger partial charge is 0.326 e. The summed E-state index contributed by atoms with van der Waals surface area (Å²) in [4.78, 5) is 18.6. The zero-order valence-corrected chi connectivity index (χ0v) is 12.6. The maximum atomic E-state index is 11.8. The number of benzene rings is 1. The van der Waals surface area contributed by atoms with Crippen LogP contribution in [0.1, 0.15) is 41.3 Å². The number of aryl methyl sites for hydroxylation is 2. The van der Waals surface area contributed by atoms with Crippen LogP contribution in [0.25, 0.3) is 0 Å². The lowest BCUT2D eigenvalue weighted by Gasteiger charge is -2.31. The zero-order chi connectivity index (χ0) is 14.8. The quantitative estimate of drug-likeness (QED) is 0.795. The molecule has 3 nitrogen and oxygen atoms in total. The number of hydrogen-bond donors (Lipinski definition) is 0. The Morgan fingerprint density at radius 1 is 1.33 bits per heavy atom. The molecule has 2 heterocycles. The first-order valence-electron chi connectivity index (χ1n) is 7.56. The van der Waals surface area contributed by atoms with Crippen molar-refractivity contribution in [2.45, 2.75) is 33.1 Å². The Balaban J connectivity index is 2.00. The minimum absolute atomic E-state index is 0.149. The Hall–Kier alpha value is -2.16. The lowest BCUT2D eigenvalue weighted by atomic mass is 10.0. The van der Waals surface area contributed by atoms with Crippen molar-refractivity contribution >= 4 is 17.3 Å². The molecular weight excluding hydrogens is 260 g/mol. The number of anilines is 2. The summed E-state index contributed by atoms with van der Waals surface area (Å²) in [5, 5.41) is 0. The van der Waals surface area contributed by atoms with Crippen LogP contribution < -0.4 is 4.90 Å². The third-order valence-corrected chi connectivity index (χ3v) is 4.06. The number of rotatable bonds is 3. The monoisotopic (exact) mass is 280 g/mol. The van der Waals surface area contributed by atoms with Crippen molar-refractivity contribution in [3.8, 4) is 0 Å². The summed E-state index contributed by atoms with van der Waals surface area (Å²) in [7, 11) is 0. The standard InChI is InChI=1S/C18H20N2O/c1-3-17(21)15-11-13(2)18(19-12-15)20-10-6-8-14-7-4-5-9-16(14)20/h4-5,7,9,11-12H,3,6,8,10H2,1-2H3. The van der Waals surface area contributed by atoms with E-state index in [4.69, 9.17) is 0 Å². The summed E-state index contributed by atoms with van der Waals surface area (Å²) in [6.07, 6.45) is 4.49. The zero-order valence-electron chi connectivity index (χ0n) is 12.6. The molecule has 108 valence electrons. The second kappa shape index (κ2) is 5.68. The smallest absolute Gasteiger partial charge is 0.164 e. The van der Waals surface area contributed by atoms with Crippen molar-refractivity contribution in [3.63, 3.8) is 0 Å². The van der Waals surface area contributed by atoms with Gasteiger partial charge in [0.1, 0.15) is 5.82 Å². The Bertz CT molecular complexity index is 679. The van der Waals surface area contributed by atoms with Gasteiger partial charge < -0.3 is 4.90 Å². The first-order chi connectivity index (χ1) is 10.2. The summed E-state index contributed by atoms with van der Waals surface area (Å²) in [5.41, 5.74) is 4.39. The van der Waals surface area contributed by atoms with Gasteiger partial charge in [-0.05, 0) is 43.0 Å². The second-order valence-corrected chi connectivity index (χ2v) is 5.53. The van der Waals surface area contributed by atoms with Gasteiger partial charge in [0, 0.05) is 30.4 Å². The molecule has 3 rings (SSSR count). The van der Waals surface area contributed by atoms with Crippen molar-refractivity contribution in [1.29, 1.82) is 0 Å². The molecule has 0 N–H and O–H groups in total. The van der Waals surface area contributed by atoms with Gasteiger partial charge in [0.25, 0.3) is 0 Å². The molecule has 0 bridgehead atoms. The van der Waals surface area contributed by atoms with E-state index in [1.54, 1.807) is 6.20 Å². The third-order valence-electron chi connectivity index (χ3n) is 4.06. The van der Waals surface area contributed by atoms with Crippen molar-refractivity contribution in [2.24, 2.45) is 0 Å². The number of nitrogens with zero attached hydrogens (tertiary/aromatic N) is 2. The highest BCUT2D eigenvalue weighted by atomic mass is 16.1. The van der Waals surface area contributed by atoms with Gasteiger partial charge in [-0.15, -0.1) is 0 Å². The molecular formula is C18H20N2O. The molecule has 1 aromatic carbocycles. The van der Waals surface area contributed by atoms with Crippen molar-refractivity contribution in [1.82, 2.24) is 4.98 Å². The number of carbonyl (C=O) groups is 1. The van der Waals surface area contributed by atoms with Gasteiger partial charge in [-0.3, -0.25) is 4.79 Å². The first-order valence-corrected chi connectivity index (χ1v) is 7.56. The van der Waals surface area contributed by atoms with Gasteiger partial charge in [0.05, 0.1) is 0 Å². The van der Waals surface area contributed by atoms with Crippen LogP contribution in [0.15, 0.2) is 36.5 Å². The maximum Gasteiger partial charge on any atom is 0.164 e. The molecule has 1 aliphatic heterocycles. The van der Waals surface area contributed by atoms with E-state index in [0.29, 0.717) is 12.0 Å². The van der Waals surface area contributed by atoms with Crippen molar-refractivity contribution in [3.05, 3.63) is 53.2 Å². The number of carbonyl (C=O) groups excluding carboxylic acids is 1. The predicted molar refractivity (Wildman–Crippen MR) is 85.4 cm³/mol. The number of pyridine rings is 1. The molecule has 0 saturated heterocycles. The average Bonchev–Trinajstić information content (AvgIpc) is 2.53. The summed E-state index contributed by atoms with van der Waals surface area (Å²) in [6.45, 7) is 4.89. The molecule has 0 aliphatic carbocycles. The van der Waals surface area contributed by atoms with Gasteiger partial charge in [-0.1, -0.05) is 25.1 Å². The van der Waals surface area contributed by atoms with Crippen LogP contribution >= 0.6 is 0 Å². The molecule has 1 aromatic heterocycles. The van der Waals surface area contributed by atoms with Gasteiger partial charge in [0.2, 0.25) is 0 Å². The fraction of sp³-hybridized carbons (Fsp3) is 0.333. The first kappa shape index (κ1) is 13.8. The Kier molecular flexibility index (Phi) is 3.74. The minimum atomic E-state index is 0.149. The van der Waals surface area contributed by atoms with E-state index in [1.807, 2.05) is 19.9 Å². The highest BCUT2D eigenvalue weighted by molar-refractivity contribution is 5.96. The molecule has 1 aliphatic rings. The fourth-order valence-electron chi connectivity index (χ4n) is 2.96. The van der Waals surface area contributed by atoms with Crippen LogP contribution in [0, 0.1) is 6.92 Å². The number of Topliss-reactive ketones (excluding diaryl/α,β-unsaturated/α-hetero) is 1. The normalized spacial score (nSPS) is 13.9. The molecule has 0 fully saturated rings. The summed E-state index contributed by atoms with van der Waals surface area (Å²) < 4.78 is 0. The van der Waals surface area contributed by atoms with E-state index in [-0.39, 0.29) is 5.78 Å². The number of hydrogen-bond acceptors (Lipinski definition) is 3. The molecule has 21 heavy (non-hydrogen) atoms. The van der Waals surface area contributed by atoms with E-state index < -0.39 is 0 Å². The molecule has 0 radical (unpaired) electrons. The Morgan fingerprint density at radius 2 is 2.14 bits per heavy atom. The summed E-state index contributed by atoms with van der Waals surface area (Å²) in [5.74, 6) is 1.12. The number of fused-ring (bicyclic) bond motifs is 1. The van der Waals surface area contributed by atoms with Crippen molar-refractivity contribution < 1.29 is 4.79 Å². The average molecular weight is 280 g/mol. The topological polar surface area (TPSA) is 33.2 Å². The number of para-hydroxylation sites is 1. The molecule has 0 amide bonds. The number of aromatic nitrogens is 1. The molecule has 0 spiro atoms. The molecule has 0 unspecified atom stereocenters.